The molecule has 0 saturated carbocycles. The van der Waals surface area contributed by atoms with E-state index in [9.17, 15) is 5.11 Å². The molecule has 1 atom stereocenters. The summed E-state index contributed by atoms with van der Waals surface area (Å²) in [4.78, 5) is 4.10. The van der Waals surface area contributed by atoms with Gasteiger partial charge in [-0.2, -0.15) is 0 Å². The fraction of sp³-hybridized carbons (Fsp3) is 0.214. The Labute approximate surface area is 116 Å². The van der Waals surface area contributed by atoms with E-state index in [2.05, 4.69) is 11.9 Å². The average Bonchev–Trinajstić information content (AvgIpc) is 2.38. The third-order valence-electron chi connectivity index (χ3n) is 2.77. The van der Waals surface area contributed by atoms with Crippen molar-refractivity contribution < 1.29 is 5.11 Å². The zero-order valence-corrected chi connectivity index (χ0v) is 11.4. The van der Waals surface area contributed by atoms with Gasteiger partial charge < -0.3 is 5.11 Å². The Morgan fingerprint density at radius 3 is 2.72 bits per heavy atom. The summed E-state index contributed by atoms with van der Waals surface area (Å²) in [7, 11) is 0. The molecule has 0 amide bonds. The molecule has 4 heteroatoms. The first-order chi connectivity index (χ1) is 8.61. The minimum atomic E-state index is -0.832. The lowest BCUT2D eigenvalue weighted by Gasteiger charge is -2.13. The van der Waals surface area contributed by atoms with Crippen LogP contribution >= 0.6 is 23.2 Å². The van der Waals surface area contributed by atoms with Gasteiger partial charge in [0.2, 0.25) is 0 Å². The maximum atomic E-state index is 10.3. The molecule has 0 aliphatic heterocycles. The summed E-state index contributed by atoms with van der Waals surface area (Å²) in [5.74, 6) is 0. The van der Waals surface area contributed by atoms with Crippen LogP contribution in [0.3, 0.4) is 0 Å². The van der Waals surface area contributed by atoms with Gasteiger partial charge in [0.25, 0.3) is 0 Å². The van der Waals surface area contributed by atoms with Gasteiger partial charge in [0.05, 0.1) is 15.7 Å². The molecule has 1 aromatic heterocycles. The molecule has 0 fully saturated rings. The van der Waals surface area contributed by atoms with Gasteiger partial charge in [0.1, 0.15) is 6.10 Å². The van der Waals surface area contributed by atoms with E-state index in [-0.39, 0.29) is 0 Å². The Hall–Kier alpha value is -1.09. The van der Waals surface area contributed by atoms with E-state index in [0.29, 0.717) is 15.7 Å². The molecule has 2 rings (SSSR count). The first-order valence-corrected chi connectivity index (χ1v) is 6.45. The highest BCUT2D eigenvalue weighted by molar-refractivity contribution is 6.34. The second-order valence-corrected chi connectivity index (χ2v) is 4.87. The van der Waals surface area contributed by atoms with Crippen molar-refractivity contribution in [2.45, 2.75) is 19.4 Å². The van der Waals surface area contributed by atoms with Crippen LogP contribution in [0.5, 0.6) is 0 Å². The fourth-order valence-corrected chi connectivity index (χ4v) is 2.25. The van der Waals surface area contributed by atoms with Gasteiger partial charge in [-0.05, 0) is 23.6 Å². The van der Waals surface area contributed by atoms with Crippen LogP contribution in [0.2, 0.25) is 10.0 Å². The Morgan fingerprint density at radius 2 is 2.06 bits per heavy atom. The van der Waals surface area contributed by atoms with E-state index >= 15 is 0 Å². The molecule has 18 heavy (non-hydrogen) atoms. The lowest BCUT2D eigenvalue weighted by molar-refractivity contribution is 0.215. The minimum absolute atomic E-state index is 0.372. The number of aliphatic hydroxyl groups is 1. The third kappa shape index (κ3) is 2.83. The lowest BCUT2D eigenvalue weighted by Crippen LogP contribution is -2.03. The Kier molecular flexibility index (Phi) is 4.23. The van der Waals surface area contributed by atoms with Crippen LogP contribution in [-0.2, 0) is 6.42 Å². The van der Waals surface area contributed by atoms with Crippen molar-refractivity contribution in [3.8, 4) is 0 Å². The molecule has 0 aliphatic carbocycles. The van der Waals surface area contributed by atoms with Crippen LogP contribution in [0.4, 0.5) is 0 Å². The van der Waals surface area contributed by atoms with Crippen LogP contribution in [-0.4, -0.2) is 10.1 Å². The third-order valence-corrected chi connectivity index (χ3v) is 3.28. The Bertz CT molecular complexity index is 557. The summed E-state index contributed by atoms with van der Waals surface area (Å²) in [5.41, 5.74) is 2.37. The number of aliphatic hydroxyl groups excluding tert-OH is 1. The fourth-order valence-electron chi connectivity index (χ4n) is 1.77. The van der Waals surface area contributed by atoms with Crippen molar-refractivity contribution in [2.24, 2.45) is 0 Å². The highest BCUT2D eigenvalue weighted by Crippen LogP contribution is 2.28. The number of aromatic nitrogens is 1. The molecule has 0 aliphatic rings. The number of nitrogens with zero attached hydrogens (tertiary/aromatic N) is 1. The summed E-state index contributed by atoms with van der Waals surface area (Å²) in [5, 5.41) is 11.1. The second kappa shape index (κ2) is 5.70. The summed E-state index contributed by atoms with van der Waals surface area (Å²) in [6.07, 6.45) is 1.57. The van der Waals surface area contributed by atoms with Crippen molar-refractivity contribution in [1.82, 2.24) is 4.98 Å². The zero-order chi connectivity index (χ0) is 13.1. The normalized spacial score (nSPS) is 12.4. The molecule has 0 radical (unpaired) electrons. The molecule has 0 saturated heterocycles. The predicted octanol–water partition coefficient (Wildman–Crippen LogP) is 4.03. The van der Waals surface area contributed by atoms with E-state index in [1.165, 1.54) is 6.20 Å². The highest BCUT2D eigenvalue weighted by atomic mass is 35.5. The second-order valence-electron chi connectivity index (χ2n) is 4.02. The van der Waals surface area contributed by atoms with Gasteiger partial charge in [-0.1, -0.05) is 54.4 Å². The molecule has 1 heterocycles. The van der Waals surface area contributed by atoms with Crippen molar-refractivity contribution in [3.05, 3.63) is 63.4 Å². The van der Waals surface area contributed by atoms with Crippen molar-refractivity contribution in [2.75, 3.05) is 0 Å². The number of pyridine rings is 1. The molecule has 0 spiro atoms. The van der Waals surface area contributed by atoms with Crippen LogP contribution in [0.1, 0.15) is 29.8 Å². The average molecular weight is 282 g/mol. The quantitative estimate of drug-likeness (QED) is 0.921. The first-order valence-electron chi connectivity index (χ1n) is 5.69. The molecule has 2 nitrogen and oxygen atoms in total. The van der Waals surface area contributed by atoms with Gasteiger partial charge in [-0.25, -0.2) is 0 Å². The molecule has 1 unspecified atom stereocenters. The maximum Gasteiger partial charge on any atom is 0.122 e. The topological polar surface area (TPSA) is 33.1 Å². The number of rotatable bonds is 3. The molecule has 94 valence electrons. The van der Waals surface area contributed by atoms with Gasteiger partial charge in [0.15, 0.2) is 0 Å². The summed E-state index contributed by atoms with van der Waals surface area (Å²) >= 11 is 11.8. The largest absolute Gasteiger partial charge is 0.382 e. The number of hydrogen-bond acceptors (Lipinski definition) is 2. The highest BCUT2D eigenvalue weighted by Gasteiger charge is 2.16. The zero-order valence-electron chi connectivity index (χ0n) is 9.90. The monoisotopic (exact) mass is 281 g/mol. The van der Waals surface area contributed by atoms with Gasteiger partial charge in [-0.3, -0.25) is 4.98 Å². The van der Waals surface area contributed by atoms with Gasteiger partial charge >= 0.3 is 0 Å². The number of aryl methyl sites for hydroxylation is 1. The van der Waals surface area contributed by atoms with Gasteiger partial charge in [0, 0.05) is 6.20 Å². The summed E-state index contributed by atoms with van der Waals surface area (Å²) < 4.78 is 0. The van der Waals surface area contributed by atoms with Crippen LogP contribution in [0, 0.1) is 0 Å². The number of hydrogen-bond donors (Lipinski definition) is 1. The van der Waals surface area contributed by atoms with Crippen molar-refractivity contribution in [3.63, 3.8) is 0 Å². The minimum Gasteiger partial charge on any atom is -0.382 e. The van der Waals surface area contributed by atoms with Crippen molar-refractivity contribution >= 4 is 23.2 Å². The lowest BCUT2D eigenvalue weighted by atomic mass is 10.0. The SMILES string of the molecule is CCc1cccc(C(O)c2ncc(Cl)cc2Cl)c1. The van der Waals surface area contributed by atoms with E-state index in [0.717, 1.165) is 17.5 Å². The Morgan fingerprint density at radius 1 is 1.28 bits per heavy atom. The molecule has 1 aromatic carbocycles. The smallest absolute Gasteiger partial charge is 0.122 e. The first kappa shape index (κ1) is 13.3. The number of benzene rings is 1. The molecule has 1 N–H and O–H groups in total. The summed E-state index contributed by atoms with van der Waals surface area (Å²) in [6.45, 7) is 2.07. The summed E-state index contributed by atoms with van der Waals surface area (Å²) in [6, 6.07) is 9.33. The Balaban J connectivity index is 2.37. The molecular formula is C14H13Cl2NO. The maximum absolute atomic E-state index is 10.3. The predicted molar refractivity (Wildman–Crippen MR) is 74.1 cm³/mol. The molecule has 2 aromatic rings. The van der Waals surface area contributed by atoms with E-state index in [1.54, 1.807) is 6.07 Å². The van der Waals surface area contributed by atoms with Crippen molar-refractivity contribution in [1.29, 1.82) is 0 Å². The van der Waals surface area contributed by atoms with E-state index in [1.807, 2.05) is 24.3 Å². The standard InChI is InChI=1S/C14H13Cl2NO/c1-2-9-4-3-5-10(6-9)14(18)13-12(16)7-11(15)8-17-13/h3-8,14,18H,2H2,1H3. The molecular weight excluding hydrogens is 269 g/mol. The molecule has 0 bridgehead atoms. The number of halogens is 2. The van der Waals surface area contributed by atoms with Crippen LogP contribution < -0.4 is 0 Å². The van der Waals surface area contributed by atoms with Crippen LogP contribution in [0.15, 0.2) is 36.5 Å². The van der Waals surface area contributed by atoms with E-state index in [4.69, 9.17) is 23.2 Å². The van der Waals surface area contributed by atoms with E-state index < -0.39 is 6.10 Å². The van der Waals surface area contributed by atoms with Gasteiger partial charge in [-0.15, -0.1) is 0 Å². The van der Waals surface area contributed by atoms with Crippen LogP contribution in [0.25, 0.3) is 0 Å².